The van der Waals surface area contributed by atoms with Crippen LogP contribution in [0.15, 0.2) is 30.3 Å². The summed E-state index contributed by atoms with van der Waals surface area (Å²) < 4.78 is 5.76. The van der Waals surface area contributed by atoms with E-state index >= 15 is 0 Å². The van der Waals surface area contributed by atoms with Crippen molar-refractivity contribution in [2.24, 2.45) is 0 Å². The molecule has 0 radical (unpaired) electrons. The van der Waals surface area contributed by atoms with E-state index in [1.165, 1.54) is 19.6 Å². The van der Waals surface area contributed by atoms with E-state index in [1.54, 1.807) is 0 Å². The molecule has 82 valence electrons. The quantitative estimate of drug-likeness (QED) is 0.540. The zero-order chi connectivity index (χ0) is 11.7. The van der Waals surface area contributed by atoms with E-state index in [4.69, 9.17) is 3.91 Å². The van der Waals surface area contributed by atoms with Gasteiger partial charge in [-0.2, -0.15) is 64.1 Å². The van der Waals surface area contributed by atoms with Crippen LogP contribution in [0.5, 0.6) is 0 Å². The molecule has 14 heavy (non-hydrogen) atoms. The van der Waals surface area contributed by atoms with Crippen LogP contribution in [0.4, 0.5) is 0 Å². The normalized spacial score (nSPS) is 6.29. The van der Waals surface area contributed by atoms with Crippen LogP contribution >= 0.6 is 0 Å². The van der Waals surface area contributed by atoms with E-state index in [2.05, 4.69) is 6.07 Å². The minimum atomic E-state index is 1.20. The summed E-state index contributed by atoms with van der Waals surface area (Å²) in [7, 11) is 0. The molecule has 0 heterocycles. The van der Waals surface area contributed by atoms with Crippen molar-refractivity contribution >= 4 is 0 Å². The first kappa shape index (κ1) is 19.3. The molecule has 0 aromatic heterocycles. The van der Waals surface area contributed by atoms with Crippen molar-refractivity contribution < 1.29 is 19.6 Å². The van der Waals surface area contributed by atoms with Crippen LogP contribution in [0.25, 0.3) is 0 Å². The first-order valence-electron chi connectivity index (χ1n) is 4.42. The Hall–Kier alpha value is -0.292. The molecule has 0 aliphatic heterocycles. The van der Waals surface area contributed by atoms with E-state index in [-0.39, 0.29) is 0 Å². The molecule has 2 heteroatoms. The fraction of sp³-hybridized carbons (Fsp3) is 0.333. The van der Waals surface area contributed by atoms with Gasteiger partial charge < -0.3 is 12.8 Å². The number of rotatable bonds is 0. The number of nitrogens with one attached hydrogen (secondary N) is 1. The molecule has 1 aromatic carbocycles. The largest absolute Gasteiger partial charge is 0.184 e. The second-order valence-corrected chi connectivity index (χ2v) is 2.23. The van der Waals surface area contributed by atoms with Crippen molar-refractivity contribution in [3.05, 3.63) is 49.2 Å². The van der Waals surface area contributed by atoms with Gasteiger partial charge in [-0.3, -0.25) is 0 Å². The van der Waals surface area contributed by atoms with Crippen LogP contribution in [0.1, 0.15) is 27.7 Å². The Morgan fingerprint density at radius 2 is 1.14 bits per heavy atom. The summed E-state index contributed by atoms with van der Waals surface area (Å²) in [6, 6.07) is 12.5. The molecule has 0 saturated heterocycles. The second kappa shape index (κ2) is 29.3. The zero-order valence-electron chi connectivity index (χ0n) is 9.45. The molecule has 1 nitrogen and oxygen atoms in total. The van der Waals surface area contributed by atoms with Crippen molar-refractivity contribution in [3.63, 3.8) is 0 Å². The van der Waals surface area contributed by atoms with Gasteiger partial charge in [0.2, 0.25) is 0 Å². The molecule has 0 spiro atoms. The Bertz CT molecular complexity index is 114. The van der Waals surface area contributed by atoms with Crippen molar-refractivity contribution in [2.75, 3.05) is 0 Å². The van der Waals surface area contributed by atoms with Gasteiger partial charge in [-0.25, -0.2) is 0 Å². The standard InChI is InChI=1S/C6H5.2C3H7.Mo.HN/c1-2-4-6-5-3-1;2*1-3-2;;/h1-5H;2*3H,1-2H3;;1H/q3*-1;;. The molecule has 0 unspecified atom stereocenters. The van der Waals surface area contributed by atoms with Gasteiger partial charge in [-0.1, -0.05) is 0 Å². The average molecular weight is 274 g/mol. The van der Waals surface area contributed by atoms with E-state index in [0.29, 0.717) is 0 Å². The molecular weight excluding hydrogens is 254 g/mol. The summed E-state index contributed by atoms with van der Waals surface area (Å²) in [4.78, 5) is 0. The molecule has 0 aliphatic rings. The van der Waals surface area contributed by atoms with Crippen LogP contribution in [-0.4, -0.2) is 0 Å². The smallest absolute Gasteiger partial charge is 0.171 e. The van der Waals surface area contributed by atoms with Gasteiger partial charge >= 0.3 is 23.5 Å². The minimum Gasteiger partial charge on any atom is -0.184 e. The van der Waals surface area contributed by atoms with E-state index < -0.39 is 0 Å². The average Bonchev–Trinajstić information content (AvgIpc) is 2.26. The number of hydrogen-bond donors (Lipinski definition) is 1. The molecule has 0 aliphatic carbocycles. The van der Waals surface area contributed by atoms with Crippen molar-refractivity contribution in [1.82, 2.24) is 0 Å². The van der Waals surface area contributed by atoms with E-state index in [0.717, 1.165) is 0 Å². The van der Waals surface area contributed by atoms with Crippen LogP contribution in [0.3, 0.4) is 0 Å². The van der Waals surface area contributed by atoms with Gasteiger partial charge in [0.1, 0.15) is 0 Å². The molecular formula is C12H20MoN-3. The Labute approximate surface area is 100 Å². The van der Waals surface area contributed by atoms with Gasteiger partial charge in [0, 0.05) is 0 Å². The van der Waals surface area contributed by atoms with Gasteiger partial charge in [-0.15, -0.1) is 0 Å². The summed E-state index contributed by atoms with van der Waals surface area (Å²) in [5, 5.41) is 0. The second-order valence-electron chi connectivity index (χ2n) is 2.23. The van der Waals surface area contributed by atoms with Crippen LogP contribution in [-0.2, 0) is 19.6 Å². The molecule has 0 fully saturated rings. The van der Waals surface area contributed by atoms with Gasteiger partial charge in [0.05, 0.1) is 0 Å². The van der Waals surface area contributed by atoms with Crippen LogP contribution in [0, 0.1) is 22.8 Å². The van der Waals surface area contributed by atoms with Gasteiger partial charge in [0.15, 0.2) is 0 Å². The van der Waals surface area contributed by atoms with Crippen molar-refractivity contribution in [3.8, 4) is 0 Å². The van der Waals surface area contributed by atoms with Gasteiger partial charge in [0.25, 0.3) is 0 Å². The van der Waals surface area contributed by atoms with Crippen molar-refractivity contribution in [2.45, 2.75) is 27.7 Å². The maximum absolute atomic E-state index is 5.76. The Morgan fingerprint density at radius 3 is 1.21 bits per heavy atom. The predicted octanol–water partition coefficient (Wildman–Crippen LogP) is 4.24. The van der Waals surface area contributed by atoms with Crippen molar-refractivity contribution in [1.29, 1.82) is 3.91 Å². The third-order valence-corrected chi connectivity index (χ3v) is 0.607. The maximum atomic E-state index is 5.76. The monoisotopic (exact) mass is 276 g/mol. The topological polar surface area (TPSA) is 23.9 Å². The Morgan fingerprint density at radius 1 is 0.857 bits per heavy atom. The Kier molecular flexibility index (Phi) is 40.4. The first-order valence-corrected chi connectivity index (χ1v) is 5.43. The molecule has 1 aromatic rings. The molecule has 1 rings (SSSR count). The van der Waals surface area contributed by atoms with Crippen LogP contribution < -0.4 is 0 Å². The van der Waals surface area contributed by atoms with E-state index in [9.17, 15) is 0 Å². The zero-order valence-corrected chi connectivity index (χ0v) is 11.5. The summed E-state index contributed by atoms with van der Waals surface area (Å²) in [5.41, 5.74) is 0. The van der Waals surface area contributed by atoms with Gasteiger partial charge in [-0.05, 0) is 0 Å². The van der Waals surface area contributed by atoms with Crippen LogP contribution in [0.2, 0.25) is 0 Å². The summed E-state index contributed by atoms with van der Waals surface area (Å²) in [6.45, 7) is 8.00. The molecule has 0 atom stereocenters. The fourth-order valence-corrected chi connectivity index (χ4v) is 0.342. The third kappa shape index (κ3) is 41.2. The third-order valence-electron chi connectivity index (χ3n) is 0.607. The summed E-state index contributed by atoms with van der Waals surface area (Å²) >= 11 is 1.20. The maximum Gasteiger partial charge on any atom is -0.171 e. The molecule has 0 bridgehead atoms. The minimum absolute atomic E-state index is 1.20. The molecule has 0 saturated carbocycles. The first-order chi connectivity index (χ1) is 6.83. The number of benzene rings is 1. The molecule has 1 N–H and O–H groups in total. The number of hydrogen-bond acceptors (Lipinski definition) is 1. The summed E-state index contributed by atoms with van der Waals surface area (Å²) in [5.74, 6) is 0. The predicted molar refractivity (Wildman–Crippen MR) is 59.3 cm³/mol. The summed E-state index contributed by atoms with van der Waals surface area (Å²) in [6.07, 6.45) is 4.00. The Balaban J connectivity index is -0.000000132. The fourth-order valence-electron chi connectivity index (χ4n) is 0.342. The van der Waals surface area contributed by atoms with E-state index in [1.807, 2.05) is 70.9 Å². The SMILES string of the molecule is C[CH-]C.C[CH-]C.[NH]=[Mo].[c-]1ccccc1. The molecule has 0 amide bonds.